The summed E-state index contributed by atoms with van der Waals surface area (Å²) in [5.41, 5.74) is 3.75. The molecule has 3 heterocycles. The van der Waals surface area contributed by atoms with Crippen molar-refractivity contribution in [1.82, 2.24) is 20.0 Å². The van der Waals surface area contributed by atoms with Crippen LogP contribution in [0.5, 0.6) is 0 Å². The van der Waals surface area contributed by atoms with E-state index in [1.807, 2.05) is 49.9 Å². The monoisotopic (exact) mass is 352 g/mol. The minimum Gasteiger partial charge on any atom is -0.361 e. The molecule has 1 aliphatic rings. The molecule has 2 aromatic heterocycles. The van der Waals surface area contributed by atoms with Crippen molar-refractivity contribution in [3.63, 3.8) is 0 Å². The van der Waals surface area contributed by atoms with Gasteiger partial charge < -0.3 is 14.4 Å². The van der Waals surface area contributed by atoms with Crippen LogP contribution in [0.15, 0.2) is 28.8 Å². The van der Waals surface area contributed by atoms with Crippen LogP contribution in [-0.2, 0) is 4.79 Å². The zero-order chi connectivity index (χ0) is 18.3. The first-order chi connectivity index (χ1) is 12.5. The van der Waals surface area contributed by atoms with Gasteiger partial charge in [0, 0.05) is 24.6 Å². The van der Waals surface area contributed by atoms with Crippen molar-refractivity contribution in [1.29, 1.82) is 0 Å². The molecule has 1 saturated heterocycles. The fourth-order valence-electron chi connectivity index (χ4n) is 4.07. The summed E-state index contributed by atoms with van der Waals surface area (Å²) in [6.07, 6.45) is 2.03. The van der Waals surface area contributed by atoms with Crippen LogP contribution < -0.4 is 0 Å². The highest BCUT2D eigenvalue weighted by Crippen LogP contribution is 2.30. The first-order valence-corrected chi connectivity index (χ1v) is 9.20. The van der Waals surface area contributed by atoms with Crippen molar-refractivity contribution in [2.75, 3.05) is 13.1 Å². The molecule has 2 atom stereocenters. The third-order valence-electron chi connectivity index (χ3n) is 5.42. The van der Waals surface area contributed by atoms with Crippen LogP contribution in [0.2, 0.25) is 0 Å². The average molecular weight is 352 g/mol. The second-order valence-corrected chi connectivity index (χ2v) is 7.22. The topological polar surface area (TPSA) is 75.0 Å². The smallest absolute Gasteiger partial charge is 0.230 e. The normalized spacial score (nSPS) is 19.0. The molecule has 136 valence electrons. The summed E-state index contributed by atoms with van der Waals surface area (Å²) in [7, 11) is 0. The van der Waals surface area contributed by atoms with Gasteiger partial charge in [-0.3, -0.25) is 4.79 Å². The first kappa shape index (κ1) is 16.8. The molecule has 6 heteroatoms. The summed E-state index contributed by atoms with van der Waals surface area (Å²) in [5, 5.41) is 3.99. The molecule has 0 spiro atoms. The molecule has 0 radical (unpaired) electrons. The number of likely N-dealkylation sites (tertiary alicyclic amines) is 1. The second kappa shape index (κ2) is 6.59. The van der Waals surface area contributed by atoms with Gasteiger partial charge in [0.25, 0.3) is 0 Å². The number of imidazole rings is 1. The Hall–Kier alpha value is -2.63. The number of para-hydroxylation sites is 2. The molecule has 1 fully saturated rings. The summed E-state index contributed by atoms with van der Waals surface area (Å²) in [4.78, 5) is 23.2. The Bertz CT molecular complexity index is 890. The van der Waals surface area contributed by atoms with Gasteiger partial charge in [0.05, 0.1) is 22.6 Å². The zero-order valence-electron chi connectivity index (χ0n) is 15.5. The molecule has 6 nitrogen and oxygen atoms in total. The van der Waals surface area contributed by atoms with Crippen molar-refractivity contribution in [2.45, 2.75) is 45.4 Å². The number of piperidine rings is 1. The van der Waals surface area contributed by atoms with Crippen molar-refractivity contribution in [3.05, 3.63) is 47.1 Å². The Morgan fingerprint density at radius 2 is 2.15 bits per heavy atom. The van der Waals surface area contributed by atoms with Crippen LogP contribution in [-0.4, -0.2) is 39.0 Å². The Morgan fingerprint density at radius 3 is 2.88 bits per heavy atom. The van der Waals surface area contributed by atoms with Gasteiger partial charge in [-0.05, 0) is 45.7 Å². The van der Waals surface area contributed by atoms with E-state index in [1.54, 1.807) is 0 Å². The predicted octanol–water partition coefficient (Wildman–Crippen LogP) is 3.68. The number of nitrogens with one attached hydrogen (secondary N) is 1. The fraction of sp³-hybridized carbons (Fsp3) is 0.450. The molecule has 0 saturated carbocycles. The van der Waals surface area contributed by atoms with E-state index < -0.39 is 0 Å². The van der Waals surface area contributed by atoms with Crippen LogP contribution in [0.1, 0.15) is 54.4 Å². The summed E-state index contributed by atoms with van der Waals surface area (Å²) < 4.78 is 5.24. The fourth-order valence-corrected chi connectivity index (χ4v) is 4.07. The van der Waals surface area contributed by atoms with Gasteiger partial charge in [-0.25, -0.2) is 4.98 Å². The lowest BCUT2D eigenvalue weighted by molar-refractivity contribution is -0.133. The molecule has 26 heavy (non-hydrogen) atoms. The molecule has 3 aromatic rings. The van der Waals surface area contributed by atoms with Crippen molar-refractivity contribution >= 4 is 16.9 Å². The summed E-state index contributed by atoms with van der Waals surface area (Å²) in [6.45, 7) is 7.20. The highest BCUT2D eigenvalue weighted by atomic mass is 16.5. The molecule has 1 aliphatic heterocycles. The van der Waals surface area contributed by atoms with Gasteiger partial charge in [-0.1, -0.05) is 17.3 Å². The molecule has 4 rings (SSSR count). The van der Waals surface area contributed by atoms with E-state index in [4.69, 9.17) is 9.51 Å². The number of aryl methyl sites for hydroxylation is 2. The highest BCUT2D eigenvalue weighted by molar-refractivity contribution is 5.84. The number of fused-ring (bicyclic) bond motifs is 1. The number of nitrogens with zero attached hydrogens (tertiary/aromatic N) is 3. The predicted molar refractivity (Wildman–Crippen MR) is 99.0 cm³/mol. The SMILES string of the molecule is Cc1noc(C)c1C(C)C(=O)N1CCCC(c2nc3ccccc3[nH]2)C1. The average Bonchev–Trinajstić information content (AvgIpc) is 3.24. The number of rotatable bonds is 3. The van der Waals surface area contributed by atoms with Crippen molar-refractivity contribution in [3.8, 4) is 0 Å². The third kappa shape index (κ3) is 2.89. The van der Waals surface area contributed by atoms with Crippen molar-refractivity contribution < 1.29 is 9.32 Å². The van der Waals surface area contributed by atoms with Gasteiger partial charge in [0.15, 0.2) is 0 Å². The Morgan fingerprint density at radius 1 is 1.35 bits per heavy atom. The van der Waals surface area contributed by atoms with Gasteiger partial charge in [-0.15, -0.1) is 0 Å². The number of hydrogen-bond acceptors (Lipinski definition) is 4. The lowest BCUT2D eigenvalue weighted by Crippen LogP contribution is -2.41. The number of aromatic nitrogens is 3. The molecule has 2 unspecified atom stereocenters. The number of aromatic amines is 1. The number of amides is 1. The Kier molecular flexibility index (Phi) is 4.26. The number of H-pyrrole nitrogens is 1. The van der Waals surface area contributed by atoms with Crippen molar-refractivity contribution in [2.24, 2.45) is 0 Å². The van der Waals surface area contributed by atoms with E-state index >= 15 is 0 Å². The van der Waals surface area contributed by atoms with Crippen LogP contribution >= 0.6 is 0 Å². The van der Waals surface area contributed by atoms with E-state index in [0.29, 0.717) is 6.54 Å². The summed E-state index contributed by atoms with van der Waals surface area (Å²) in [5.74, 6) is 1.86. The van der Waals surface area contributed by atoms with E-state index in [0.717, 1.165) is 53.3 Å². The minimum atomic E-state index is -0.240. The number of hydrogen-bond donors (Lipinski definition) is 1. The summed E-state index contributed by atoms with van der Waals surface area (Å²) in [6, 6.07) is 8.05. The van der Waals surface area contributed by atoms with Crippen LogP contribution in [0, 0.1) is 13.8 Å². The van der Waals surface area contributed by atoms with E-state index in [-0.39, 0.29) is 17.7 Å². The maximum absolute atomic E-state index is 13.1. The number of carbonyl (C=O) groups is 1. The molecular formula is C20H24N4O2. The van der Waals surface area contributed by atoms with E-state index in [2.05, 4.69) is 10.1 Å². The standard InChI is InChI=1S/C20H24N4O2/c1-12(18-13(2)23-26-14(18)3)20(25)24-10-6-7-15(11-24)19-21-16-8-4-5-9-17(16)22-19/h4-5,8-9,12,15H,6-7,10-11H2,1-3H3,(H,21,22). The van der Waals surface area contributed by atoms with E-state index in [9.17, 15) is 4.79 Å². The molecular weight excluding hydrogens is 328 g/mol. The Balaban J connectivity index is 1.53. The quantitative estimate of drug-likeness (QED) is 0.780. The lowest BCUT2D eigenvalue weighted by atomic mass is 9.93. The third-order valence-corrected chi connectivity index (χ3v) is 5.42. The highest BCUT2D eigenvalue weighted by Gasteiger charge is 2.31. The maximum atomic E-state index is 13.1. The maximum Gasteiger partial charge on any atom is 0.230 e. The van der Waals surface area contributed by atoms with Crippen LogP contribution in [0.4, 0.5) is 0 Å². The number of benzene rings is 1. The van der Waals surface area contributed by atoms with Gasteiger partial charge in [0.2, 0.25) is 5.91 Å². The Labute approximate surface area is 152 Å². The van der Waals surface area contributed by atoms with Gasteiger partial charge in [-0.2, -0.15) is 0 Å². The molecule has 1 aromatic carbocycles. The largest absolute Gasteiger partial charge is 0.361 e. The molecule has 0 bridgehead atoms. The first-order valence-electron chi connectivity index (χ1n) is 9.20. The minimum absolute atomic E-state index is 0.139. The van der Waals surface area contributed by atoms with Crippen LogP contribution in [0.25, 0.3) is 11.0 Å². The van der Waals surface area contributed by atoms with Gasteiger partial charge in [0.1, 0.15) is 11.6 Å². The molecule has 1 amide bonds. The van der Waals surface area contributed by atoms with E-state index in [1.165, 1.54) is 0 Å². The second-order valence-electron chi connectivity index (χ2n) is 7.22. The molecule has 0 aliphatic carbocycles. The summed E-state index contributed by atoms with van der Waals surface area (Å²) >= 11 is 0. The lowest BCUT2D eigenvalue weighted by Gasteiger charge is -2.33. The number of carbonyl (C=O) groups excluding carboxylic acids is 1. The molecule has 1 N–H and O–H groups in total. The van der Waals surface area contributed by atoms with Crippen LogP contribution in [0.3, 0.4) is 0 Å². The van der Waals surface area contributed by atoms with Gasteiger partial charge >= 0.3 is 0 Å². The zero-order valence-corrected chi connectivity index (χ0v) is 15.5.